The first-order valence-corrected chi connectivity index (χ1v) is 8.34. The van der Waals surface area contributed by atoms with E-state index < -0.39 is 10.0 Å². The van der Waals surface area contributed by atoms with Crippen LogP contribution in [-0.2, 0) is 21.2 Å². The average Bonchev–Trinajstić information content (AvgIpc) is 2.31. The maximum atomic E-state index is 11.9. The van der Waals surface area contributed by atoms with E-state index in [9.17, 15) is 13.2 Å². The number of sulfonamides is 1. The smallest absolute Gasteiger partial charge is 0.232 e. The number of hydrogen-bond acceptors (Lipinski definition) is 3. The average molecular weight is 296 g/mol. The van der Waals surface area contributed by atoms with Gasteiger partial charge in [0, 0.05) is 24.8 Å². The molecule has 2 rings (SSSR count). The molecule has 1 aromatic rings. The standard InChI is InChI=1S/C14H20N2O3S/c1-10(2)9-20(18,19)15-12-5-6-13-11(8-12)4-7-14(17)16(13)3/h5-6,8,10,15H,4,7,9H2,1-3H3. The normalized spacial score (nSPS) is 15.4. The lowest BCUT2D eigenvalue weighted by Gasteiger charge is -2.26. The fraction of sp³-hybridized carbons (Fsp3) is 0.500. The zero-order chi connectivity index (χ0) is 14.9. The summed E-state index contributed by atoms with van der Waals surface area (Å²) in [6.45, 7) is 3.74. The summed E-state index contributed by atoms with van der Waals surface area (Å²) in [6, 6.07) is 5.31. The summed E-state index contributed by atoms with van der Waals surface area (Å²) in [7, 11) is -1.58. The molecule has 1 heterocycles. The molecule has 1 aliphatic heterocycles. The molecular formula is C14H20N2O3S. The van der Waals surface area contributed by atoms with E-state index in [-0.39, 0.29) is 17.6 Å². The highest BCUT2D eigenvalue weighted by molar-refractivity contribution is 7.92. The van der Waals surface area contributed by atoms with Crippen LogP contribution >= 0.6 is 0 Å². The number of aryl methyl sites for hydroxylation is 1. The van der Waals surface area contributed by atoms with Gasteiger partial charge in [-0.3, -0.25) is 9.52 Å². The van der Waals surface area contributed by atoms with Gasteiger partial charge >= 0.3 is 0 Å². The van der Waals surface area contributed by atoms with Crippen LogP contribution in [-0.4, -0.2) is 27.1 Å². The van der Waals surface area contributed by atoms with E-state index in [4.69, 9.17) is 0 Å². The molecule has 1 aromatic carbocycles. The molecule has 1 amide bonds. The van der Waals surface area contributed by atoms with E-state index >= 15 is 0 Å². The molecule has 5 nitrogen and oxygen atoms in total. The first-order chi connectivity index (χ1) is 9.28. The van der Waals surface area contributed by atoms with Crippen molar-refractivity contribution in [2.75, 3.05) is 22.4 Å². The highest BCUT2D eigenvalue weighted by Gasteiger charge is 2.21. The van der Waals surface area contributed by atoms with E-state index in [1.54, 1.807) is 24.1 Å². The predicted octanol–water partition coefficient (Wildman–Crippen LogP) is 1.99. The first-order valence-electron chi connectivity index (χ1n) is 6.68. The van der Waals surface area contributed by atoms with E-state index in [2.05, 4.69) is 4.72 Å². The Bertz CT molecular complexity index is 623. The topological polar surface area (TPSA) is 66.5 Å². The van der Waals surface area contributed by atoms with Crippen molar-refractivity contribution in [3.05, 3.63) is 23.8 Å². The number of benzene rings is 1. The minimum absolute atomic E-state index is 0.0777. The van der Waals surface area contributed by atoms with Gasteiger partial charge in [-0.1, -0.05) is 13.8 Å². The fourth-order valence-corrected chi connectivity index (χ4v) is 3.83. The second kappa shape index (κ2) is 5.44. The van der Waals surface area contributed by atoms with Crippen LogP contribution in [0.15, 0.2) is 18.2 Å². The fourth-order valence-electron chi connectivity index (χ4n) is 2.38. The molecule has 110 valence electrons. The third kappa shape index (κ3) is 3.30. The van der Waals surface area contributed by atoms with E-state index in [0.29, 0.717) is 18.5 Å². The lowest BCUT2D eigenvalue weighted by Crippen LogP contribution is -2.31. The Morgan fingerprint density at radius 1 is 1.30 bits per heavy atom. The molecule has 0 bridgehead atoms. The second-order valence-electron chi connectivity index (χ2n) is 5.57. The molecular weight excluding hydrogens is 276 g/mol. The summed E-state index contributed by atoms with van der Waals surface area (Å²) in [5.74, 6) is 0.266. The molecule has 1 N–H and O–H groups in total. The van der Waals surface area contributed by atoms with Crippen LogP contribution in [0.2, 0.25) is 0 Å². The number of nitrogens with one attached hydrogen (secondary N) is 1. The minimum atomic E-state index is -3.32. The number of nitrogens with zero attached hydrogens (tertiary/aromatic N) is 1. The van der Waals surface area contributed by atoms with Crippen molar-refractivity contribution >= 4 is 27.3 Å². The van der Waals surface area contributed by atoms with Gasteiger partial charge in [-0.15, -0.1) is 0 Å². The maximum Gasteiger partial charge on any atom is 0.232 e. The molecule has 1 aliphatic rings. The molecule has 0 aromatic heterocycles. The summed E-state index contributed by atoms with van der Waals surface area (Å²) in [5.41, 5.74) is 2.41. The number of hydrogen-bond donors (Lipinski definition) is 1. The summed E-state index contributed by atoms with van der Waals surface area (Å²) in [6.07, 6.45) is 1.12. The van der Waals surface area contributed by atoms with Crippen molar-refractivity contribution in [2.45, 2.75) is 26.7 Å². The summed E-state index contributed by atoms with van der Waals surface area (Å²) in [5, 5.41) is 0. The second-order valence-corrected chi connectivity index (χ2v) is 7.34. The van der Waals surface area contributed by atoms with Crippen LogP contribution in [0.1, 0.15) is 25.8 Å². The Balaban J connectivity index is 2.22. The zero-order valence-corrected chi connectivity index (χ0v) is 12.8. The van der Waals surface area contributed by atoms with Crippen molar-refractivity contribution in [1.29, 1.82) is 0 Å². The van der Waals surface area contributed by atoms with Crippen molar-refractivity contribution < 1.29 is 13.2 Å². The quantitative estimate of drug-likeness (QED) is 0.924. The maximum absolute atomic E-state index is 11.9. The molecule has 0 radical (unpaired) electrons. The highest BCUT2D eigenvalue weighted by Crippen LogP contribution is 2.29. The van der Waals surface area contributed by atoms with Crippen LogP contribution in [0.4, 0.5) is 11.4 Å². The Labute approximate surface area is 120 Å². The summed E-state index contributed by atoms with van der Waals surface area (Å²) >= 11 is 0. The third-order valence-corrected chi connectivity index (χ3v) is 4.90. The molecule has 0 fully saturated rings. The van der Waals surface area contributed by atoms with Crippen molar-refractivity contribution in [1.82, 2.24) is 0 Å². The predicted molar refractivity (Wildman–Crippen MR) is 80.4 cm³/mol. The van der Waals surface area contributed by atoms with Crippen molar-refractivity contribution in [2.24, 2.45) is 5.92 Å². The minimum Gasteiger partial charge on any atom is -0.315 e. The number of fused-ring (bicyclic) bond motifs is 1. The Kier molecular flexibility index (Phi) is 4.04. The highest BCUT2D eigenvalue weighted by atomic mass is 32.2. The zero-order valence-electron chi connectivity index (χ0n) is 12.0. The van der Waals surface area contributed by atoms with Crippen LogP contribution in [0.3, 0.4) is 0 Å². The molecule has 0 aliphatic carbocycles. The van der Waals surface area contributed by atoms with Gasteiger partial charge in [-0.05, 0) is 36.1 Å². The molecule has 0 atom stereocenters. The van der Waals surface area contributed by atoms with Gasteiger partial charge in [0.2, 0.25) is 15.9 Å². The molecule has 0 unspecified atom stereocenters. The monoisotopic (exact) mass is 296 g/mol. The number of carbonyl (C=O) groups excluding carboxylic acids is 1. The van der Waals surface area contributed by atoms with Gasteiger partial charge in [-0.25, -0.2) is 8.42 Å². The Morgan fingerprint density at radius 3 is 2.65 bits per heavy atom. The molecule has 20 heavy (non-hydrogen) atoms. The molecule has 0 spiro atoms. The molecule has 6 heteroatoms. The Hall–Kier alpha value is -1.56. The van der Waals surface area contributed by atoms with Gasteiger partial charge in [0.25, 0.3) is 0 Å². The van der Waals surface area contributed by atoms with Crippen LogP contribution in [0, 0.1) is 5.92 Å². The van der Waals surface area contributed by atoms with E-state index in [1.165, 1.54) is 0 Å². The van der Waals surface area contributed by atoms with E-state index in [0.717, 1.165) is 11.3 Å². The number of anilines is 2. The van der Waals surface area contributed by atoms with Crippen LogP contribution < -0.4 is 9.62 Å². The molecule has 0 saturated heterocycles. The lowest BCUT2D eigenvalue weighted by atomic mass is 10.0. The summed E-state index contributed by atoms with van der Waals surface area (Å²) in [4.78, 5) is 13.2. The van der Waals surface area contributed by atoms with Gasteiger partial charge in [0.1, 0.15) is 0 Å². The largest absolute Gasteiger partial charge is 0.315 e. The number of rotatable bonds is 4. The first kappa shape index (κ1) is 14.8. The van der Waals surface area contributed by atoms with Gasteiger partial charge in [-0.2, -0.15) is 0 Å². The van der Waals surface area contributed by atoms with Crippen LogP contribution in [0.25, 0.3) is 0 Å². The van der Waals surface area contributed by atoms with Gasteiger partial charge in [0.15, 0.2) is 0 Å². The van der Waals surface area contributed by atoms with Gasteiger partial charge < -0.3 is 4.90 Å². The van der Waals surface area contributed by atoms with Crippen molar-refractivity contribution in [3.63, 3.8) is 0 Å². The number of amides is 1. The van der Waals surface area contributed by atoms with Gasteiger partial charge in [0.05, 0.1) is 5.75 Å². The lowest BCUT2D eigenvalue weighted by molar-refractivity contribution is -0.118. The third-order valence-electron chi connectivity index (χ3n) is 3.25. The van der Waals surface area contributed by atoms with Crippen LogP contribution in [0.5, 0.6) is 0 Å². The molecule has 0 saturated carbocycles. The van der Waals surface area contributed by atoms with Crippen molar-refractivity contribution in [3.8, 4) is 0 Å². The van der Waals surface area contributed by atoms with E-state index in [1.807, 2.05) is 19.9 Å². The SMILES string of the molecule is CC(C)CS(=O)(=O)Nc1ccc2c(c1)CCC(=O)N2C. The number of carbonyl (C=O) groups is 1. The Morgan fingerprint density at radius 2 is 2.00 bits per heavy atom. The summed E-state index contributed by atoms with van der Waals surface area (Å²) < 4.78 is 26.4.